The van der Waals surface area contributed by atoms with E-state index in [0.717, 1.165) is 11.1 Å². The molecule has 0 radical (unpaired) electrons. The fraction of sp³-hybridized carbons (Fsp3) is 0.111. The highest BCUT2D eigenvalue weighted by Crippen LogP contribution is 2.14. The second-order valence-corrected chi connectivity index (χ2v) is 5.34. The molecule has 0 atom stereocenters. The van der Waals surface area contributed by atoms with Crippen LogP contribution in [0.15, 0.2) is 65.7 Å². The normalized spacial score (nSPS) is 10.4. The molecule has 2 heterocycles. The summed E-state index contributed by atoms with van der Waals surface area (Å²) in [5, 5.41) is 7.13. The highest BCUT2D eigenvalue weighted by atomic mass is 16.1. The quantitative estimate of drug-likeness (QED) is 0.800. The van der Waals surface area contributed by atoms with Crippen LogP contribution in [0, 0.1) is 0 Å². The number of benzene rings is 1. The molecule has 0 bridgehead atoms. The van der Waals surface area contributed by atoms with Gasteiger partial charge in [0.1, 0.15) is 0 Å². The van der Waals surface area contributed by atoms with E-state index in [0.29, 0.717) is 17.9 Å². The number of carbonyl (C=O) groups excluding carboxylic acids is 1. The zero-order valence-electron chi connectivity index (χ0n) is 13.1. The summed E-state index contributed by atoms with van der Waals surface area (Å²) in [4.78, 5) is 27.3. The van der Waals surface area contributed by atoms with E-state index in [1.807, 2.05) is 30.3 Å². The van der Waals surface area contributed by atoms with Crippen molar-refractivity contribution >= 4 is 11.6 Å². The Morgan fingerprint density at radius 1 is 1.17 bits per heavy atom. The Kier molecular flexibility index (Phi) is 4.47. The minimum absolute atomic E-state index is 0.138. The molecule has 1 aromatic carbocycles. The van der Waals surface area contributed by atoms with Crippen molar-refractivity contribution in [2.45, 2.75) is 13.5 Å². The van der Waals surface area contributed by atoms with Crippen LogP contribution in [-0.4, -0.2) is 20.7 Å². The number of nitrogens with zero attached hydrogens (tertiary/aromatic N) is 3. The van der Waals surface area contributed by atoms with E-state index < -0.39 is 0 Å². The molecule has 3 aromatic rings. The molecular weight excluding hydrogens is 304 g/mol. The Bertz CT molecular complexity index is 920. The van der Waals surface area contributed by atoms with Crippen LogP contribution in [0.4, 0.5) is 5.69 Å². The molecule has 24 heavy (non-hydrogen) atoms. The van der Waals surface area contributed by atoms with E-state index in [-0.39, 0.29) is 11.5 Å². The number of carbonyl (C=O) groups is 1. The van der Waals surface area contributed by atoms with Crippen molar-refractivity contribution in [2.75, 3.05) is 5.32 Å². The van der Waals surface area contributed by atoms with Crippen LogP contribution in [0.5, 0.6) is 0 Å². The largest absolute Gasteiger partial charge is 0.326 e. The Balaban J connectivity index is 1.90. The number of amides is 1. The molecule has 0 saturated carbocycles. The van der Waals surface area contributed by atoms with E-state index in [1.54, 1.807) is 24.5 Å². The number of hydrogen-bond acceptors (Lipinski definition) is 4. The maximum atomic E-state index is 12.1. The predicted octanol–water partition coefficient (Wildman–Crippen LogP) is 2.31. The van der Waals surface area contributed by atoms with Crippen molar-refractivity contribution < 1.29 is 4.79 Å². The van der Waals surface area contributed by atoms with Crippen molar-refractivity contribution in [1.82, 2.24) is 14.8 Å². The second kappa shape index (κ2) is 6.87. The van der Waals surface area contributed by atoms with E-state index in [4.69, 9.17) is 0 Å². The summed E-state index contributed by atoms with van der Waals surface area (Å²) in [6.07, 6.45) is 3.39. The van der Waals surface area contributed by atoms with Crippen molar-refractivity contribution in [3.05, 3.63) is 76.8 Å². The molecule has 120 valence electrons. The van der Waals surface area contributed by atoms with Crippen LogP contribution < -0.4 is 10.9 Å². The Labute approximate surface area is 138 Å². The second-order valence-electron chi connectivity index (χ2n) is 5.34. The van der Waals surface area contributed by atoms with Gasteiger partial charge in [0.2, 0.25) is 5.91 Å². The molecule has 0 aliphatic rings. The summed E-state index contributed by atoms with van der Waals surface area (Å²) in [7, 11) is 0. The van der Waals surface area contributed by atoms with Gasteiger partial charge in [0.15, 0.2) is 0 Å². The maximum absolute atomic E-state index is 12.1. The fourth-order valence-corrected chi connectivity index (χ4v) is 2.35. The zero-order chi connectivity index (χ0) is 16.9. The van der Waals surface area contributed by atoms with E-state index in [9.17, 15) is 9.59 Å². The topological polar surface area (TPSA) is 76.9 Å². The zero-order valence-corrected chi connectivity index (χ0v) is 13.1. The SMILES string of the molecule is CC(=O)Nc1cccc(Cn2nc(-c3cccnc3)ccc2=O)c1. The Morgan fingerprint density at radius 3 is 2.79 bits per heavy atom. The molecule has 0 fully saturated rings. The van der Waals surface area contributed by atoms with Crippen LogP contribution in [0.3, 0.4) is 0 Å². The van der Waals surface area contributed by atoms with Gasteiger partial charge in [0.25, 0.3) is 5.56 Å². The van der Waals surface area contributed by atoms with Crippen LogP contribution in [0.2, 0.25) is 0 Å². The van der Waals surface area contributed by atoms with Gasteiger partial charge < -0.3 is 5.32 Å². The molecular formula is C18H16N4O2. The minimum Gasteiger partial charge on any atom is -0.326 e. The van der Waals surface area contributed by atoms with Gasteiger partial charge in [0.05, 0.1) is 12.2 Å². The van der Waals surface area contributed by atoms with Crippen molar-refractivity contribution in [1.29, 1.82) is 0 Å². The first-order chi connectivity index (χ1) is 11.6. The van der Waals surface area contributed by atoms with Gasteiger partial charge in [-0.15, -0.1) is 0 Å². The van der Waals surface area contributed by atoms with Crippen LogP contribution >= 0.6 is 0 Å². The maximum Gasteiger partial charge on any atom is 0.267 e. The lowest BCUT2D eigenvalue weighted by molar-refractivity contribution is -0.114. The monoisotopic (exact) mass is 320 g/mol. The van der Waals surface area contributed by atoms with Gasteiger partial charge in [-0.1, -0.05) is 12.1 Å². The van der Waals surface area contributed by atoms with Crippen molar-refractivity contribution in [3.63, 3.8) is 0 Å². The van der Waals surface area contributed by atoms with Crippen LogP contribution in [0.25, 0.3) is 11.3 Å². The standard InChI is InChI=1S/C18H16N4O2/c1-13(23)20-16-6-2-4-14(10-16)12-22-18(24)8-7-17(21-22)15-5-3-9-19-11-15/h2-11H,12H2,1H3,(H,20,23). The third kappa shape index (κ3) is 3.73. The van der Waals surface area contributed by atoms with Crippen molar-refractivity contribution in [2.24, 2.45) is 0 Å². The van der Waals surface area contributed by atoms with Gasteiger partial charge in [-0.3, -0.25) is 14.6 Å². The first kappa shape index (κ1) is 15.6. The number of pyridine rings is 1. The molecule has 0 unspecified atom stereocenters. The van der Waals surface area contributed by atoms with Gasteiger partial charge >= 0.3 is 0 Å². The molecule has 0 aliphatic heterocycles. The average Bonchev–Trinajstić information content (AvgIpc) is 2.57. The molecule has 2 aromatic heterocycles. The highest BCUT2D eigenvalue weighted by Gasteiger charge is 2.05. The number of anilines is 1. The first-order valence-electron chi connectivity index (χ1n) is 7.47. The number of rotatable bonds is 4. The van der Waals surface area contributed by atoms with Gasteiger partial charge in [-0.25, -0.2) is 4.68 Å². The van der Waals surface area contributed by atoms with Crippen LogP contribution in [0.1, 0.15) is 12.5 Å². The summed E-state index contributed by atoms with van der Waals surface area (Å²) >= 11 is 0. The smallest absolute Gasteiger partial charge is 0.267 e. The highest BCUT2D eigenvalue weighted by molar-refractivity contribution is 5.88. The molecule has 1 amide bonds. The van der Waals surface area contributed by atoms with Gasteiger partial charge in [-0.2, -0.15) is 5.10 Å². The van der Waals surface area contributed by atoms with Gasteiger partial charge in [-0.05, 0) is 35.9 Å². The van der Waals surface area contributed by atoms with E-state index >= 15 is 0 Å². The molecule has 0 aliphatic carbocycles. The summed E-state index contributed by atoms with van der Waals surface area (Å²) in [5.74, 6) is -0.138. The molecule has 0 saturated heterocycles. The van der Waals surface area contributed by atoms with Gasteiger partial charge in [0, 0.05) is 36.6 Å². The summed E-state index contributed by atoms with van der Waals surface area (Å²) in [5.41, 5.74) is 2.90. The molecule has 0 spiro atoms. The molecule has 6 nitrogen and oxygen atoms in total. The number of aromatic nitrogens is 3. The summed E-state index contributed by atoms with van der Waals surface area (Å²) in [6, 6.07) is 14.2. The first-order valence-corrected chi connectivity index (χ1v) is 7.47. The lowest BCUT2D eigenvalue weighted by Crippen LogP contribution is -2.22. The Hall–Kier alpha value is -3.28. The minimum atomic E-state index is -0.187. The van der Waals surface area contributed by atoms with Crippen LogP contribution in [-0.2, 0) is 11.3 Å². The summed E-state index contributed by atoms with van der Waals surface area (Å²) in [6.45, 7) is 1.77. The molecule has 6 heteroatoms. The summed E-state index contributed by atoms with van der Waals surface area (Å²) < 4.78 is 1.40. The molecule has 3 rings (SSSR count). The third-order valence-electron chi connectivity index (χ3n) is 3.40. The molecule has 1 N–H and O–H groups in total. The van der Waals surface area contributed by atoms with Crippen molar-refractivity contribution in [3.8, 4) is 11.3 Å². The average molecular weight is 320 g/mol. The van der Waals surface area contributed by atoms with E-state index in [1.165, 1.54) is 17.7 Å². The third-order valence-corrected chi connectivity index (χ3v) is 3.40. The number of hydrogen-bond donors (Lipinski definition) is 1. The lowest BCUT2D eigenvalue weighted by atomic mass is 10.2. The number of nitrogens with one attached hydrogen (secondary N) is 1. The Morgan fingerprint density at radius 2 is 2.04 bits per heavy atom. The lowest BCUT2D eigenvalue weighted by Gasteiger charge is -2.09. The van der Waals surface area contributed by atoms with E-state index in [2.05, 4.69) is 15.4 Å². The fourth-order valence-electron chi connectivity index (χ4n) is 2.35. The predicted molar refractivity (Wildman–Crippen MR) is 91.6 cm³/mol.